The molecular formula is C26H44N4O5S. The summed E-state index contributed by atoms with van der Waals surface area (Å²) in [5.74, 6) is -0.763. The number of carbonyl (C=O) groups is 3. The van der Waals surface area contributed by atoms with Crippen molar-refractivity contribution in [2.75, 3.05) is 27.2 Å². The molecule has 0 aromatic carbocycles. The highest BCUT2D eigenvalue weighted by atomic mass is 32.1. The van der Waals surface area contributed by atoms with Gasteiger partial charge in [-0.3, -0.25) is 14.5 Å². The molecule has 0 aliphatic carbocycles. The van der Waals surface area contributed by atoms with Gasteiger partial charge in [-0.1, -0.05) is 40.5 Å². The fourth-order valence-electron chi connectivity index (χ4n) is 4.67. The summed E-state index contributed by atoms with van der Waals surface area (Å²) in [6.45, 7) is 10.8. The predicted octanol–water partition coefficient (Wildman–Crippen LogP) is 3.24. The molecule has 10 heteroatoms. The van der Waals surface area contributed by atoms with Crippen molar-refractivity contribution in [1.82, 2.24) is 20.1 Å². The van der Waals surface area contributed by atoms with E-state index in [2.05, 4.69) is 15.2 Å². The maximum Gasteiger partial charge on any atom is 0.357 e. The Labute approximate surface area is 219 Å². The van der Waals surface area contributed by atoms with Crippen molar-refractivity contribution in [3.8, 4) is 0 Å². The van der Waals surface area contributed by atoms with E-state index in [1.807, 2.05) is 34.7 Å². The van der Waals surface area contributed by atoms with Crippen LogP contribution in [0.1, 0.15) is 88.3 Å². The summed E-state index contributed by atoms with van der Waals surface area (Å²) in [7, 11) is 3.69. The first kappa shape index (κ1) is 30.2. The highest BCUT2D eigenvalue weighted by Gasteiger charge is 2.36. The maximum absolute atomic E-state index is 13.7. The molecule has 36 heavy (non-hydrogen) atoms. The quantitative estimate of drug-likeness (QED) is 0.404. The highest BCUT2D eigenvalue weighted by Crippen LogP contribution is 2.28. The smallest absolute Gasteiger partial charge is 0.357 e. The van der Waals surface area contributed by atoms with E-state index in [4.69, 9.17) is 4.74 Å². The second-order valence-electron chi connectivity index (χ2n) is 10.2. The number of likely N-dealkylation sites (tertiary alicyclic amines) is 1. The number of esters is 1. The van der Waals surface area contributed by atoms with Gasteiger partial charge in [0.25, 0.3) is 0 Å². The molecule has 5 atom stereocenters. The van der Waals surface area contributed by atoms with Gasteiger partial charge in [-0.15, -0.1) is 11.3 Å². The predicted molar refractivity (Wildman–Crippen MR) is 141 cm³/mol. The summed E-state index contributed by atoms with van der Waals surface area (Å²) in [6.07, 6.45) is 2.95. The number of likely N-dealkylation sites (N-methyl/N-ethyl adjacent to an activating group) is 2. The average molecular weight is 525 g/mol. The van der Waals surface area contributed by atoms with Gasteiger partial charge in [-0.25, -0.2) is 9.78 Å². The Morgan fingerprint density at radius 2 is 1.97 bits per heavy atom. The molecule has 2 heterocycles. The van der Waals surface area contributed by atoms with E-state index in [1.165, 1.54) is 11.3 Å². The number of hydrogen-bond donors (Lipinski definition) is 2. The van der Waals surface area contributed by atoms with E-state index in [1.54, 1.807) is 24.3 Å². The number of rotatable bonds is 12. The number of hydrogen-bond acceptors (Lipinski definition) is 8. The number of carbonyl (C=O) groups excluding carboxylic acids is 3. The SMILES string of the molecule is CCOC(=O)c1csc(C(O)CC(C(C)C)N(C)C(=O)C(NC(=O)[C@H]2CCCCN2C)C(C)CC)n1. The molecule has 1 aliphatic rings. The number of aliphatic hydroxyl groups is 1. The lowest BCUT2D eigenvalue weighted by atomic mass is 9.92. The van der Waals surface area contributed by atoms with Crippen LogP contribution in [-0.4, -0.2) is 83.0 Å². The molecule has 9 nitrogen and oxygen atoms in total. The normalized spacial score (nSPS) is 19.9. The van der Waals surface area contributed by atoms with Gasteiger partial charge >= 0.3 is 5.97 Å². The number of aliphatic hydroxyl groups excluding tert-OH is 1. The number of piperidine rings is 1. The van der Waals surface area contributed by atoms with Crippen molar-refractivity contribution in [1.29, 1.82) is 0 Å². The van der Waals surface area contributed by atoms with Crippen LogP contribution in [0.25, 0.3) is 0 Å². The molecule has 0 spiro atoms. The minimum absolute atomic E-state index is 0.0402. The summed E-state index contributed by atoms with van der Waals surface area (Å²) >= 11 is 1.20. The van der Waals surface area contributed by atoms with E-state index < -0.39 is 18.1 Å². The zero-order valence-corrected chi connectivity index (χ0v) is 23.6. The molecule has 1 aliphatic heterocycles. The summed E-state index contributed by atoms with van der Waals surface area (Å²) < 4.78 is 4.98. The van der Waals surface area contributed by atoms with E-state index >= 15 is 0 Å². The van der Waals surface area contributed by atoms with Crippen LogP contribution < -0.4 is 5.32 Å². The third-order valence-electron chi connectivity index (χ3n) is 7.22. The van der Waals surface area contributed by atoms with Gasteiger partial charge < -0.3 is 20.1 Å². The maximum atomic E-state index is 13.7. The summed E-state index contributed by atoms with van der Waals surface area (Å²) in [4.78, 5) is 46.8. The van der Waals surface area contributed by atoms with Crippen LogP contribution in [0.3, 0.4) is 0 Å². The lowest BCUT2D eigenvalue weighted by Crippen LogP contribution is -2.58. The Morgan fingerprint density at radius 3 is 2.56 bits per heavy atom. The molecule has 1 aromatic heterocycles. The molecule has 204 valence electrons. The van der Waals surface area contributed by atoms with Crippen molar-refractivity contribution in [2.24, 2.45) is 11.8 Å². The second-order valence-corrected chi connectivity index (χ2v) is 11.1. The molecule has 1 fully saturated rings. The Bertz CT molecular complexity index is 876. The van der Waals surface area contributed by atoms with Crippen molar-refractivity contribution >= 4 is 29.1 Å². The van der Waals surface area contributed by atoms with Gasteiger partial charge in [-0.05, 0) is 45.2 Å². The largest absolute Gasteiger partial charge is 0.461 e. The number of amides is 2. The lowest BCUT2D eigenvalue weighted by molar-refractivity contribution is -0.141. The third-order valence-corrected chi connectivity index (χ3v) is 8.17. The Morgan fingerprint density at radius 1 is 1.28 bits per heavy atom. The first-order valence-electron chi connectivity index (χ1n) is 13.1. The van der Waals surface area contributed by atoms with Crippen molar-refractivity contribution in [3.63, 3.8) is 0 Å². The van der Waals surface area contributed by atoms with Gasteiger partial charge in [0, 0.05) is 24.9 Å². The number of ether oxygens (including phenoxy) is 1. The molecule has 2 amide bonds. The van der Waals surface area contributed by atoms with Crippen LogP contribution in [0.5, 0.6) is 0 Å². The number of nitrogens with one attached hydrogen (secondary N) is 1. The molecule has 2 rings (SSSR count). The molecular weight excluding hydrogens is 480 g/mol. The van der Waals surface area contributed by atoms with Crippen LogP contribution in [-0.2, 0) is 14.3 Å². The molecule has 0 saturated carbocycles. The average Bonchev–Trinajstić information content (AvgIpc) is 3.35. The van der Waals surface area contributed by atoms with Crippen LogP contribution >= 0.6 is 11.3 Å². The Kier molecular flexibility index (Phi) is 11.8. The Hall–Kier alpha value is -2.04. The van der Waals surface area contributed by atoms with E-state index in [0.717, 1.165) is 32.2 Å². The monoisotopic (exact) mass is 524 g/mol. The van der Waals surface area contributed by atoms with Crippen LogP contribution in [0.15, 0.2) is 5.38 Å². The lowest BCUT2D eigenvalue weighted by Gasteiger charge is -2.38. The zero-order chi connectivity index (χ0) is 27.0. The first-order chi connectivity index (χ1) is 17.0. The number of aromatic nitrogens is 1. The molecule has 1 saturated heterocycles. The van der Waals surface area contributed by atoms with Crippen LogP contribution in [0.2, 0.25) is 0 Å². The minimum atomic E-state index is -0.937. The van der Waals surface area contributed by atoms with Gasteiger partial charge in [0.05, 0.1) is 12.6 Å². The summed E-state index contributed by atoms with van der Waals surface area (Å²) in [5, 5.41) is 16.0. The van der Waals surface area contributed by atoms with Crippen molar-refractivity contribution in [3.05, 3.63) is 16.1 Å². The summed E-state index contributed by atoms with van der Waals surface area (Å²) in [6, 6.07) is -1.15. The zero-order valence-electron chi connectivity index (χ0n) is 22.8. The van der Waals surface area contributed by atoms with Crippen LogP contribution in [0, 0.1) is 11.8 Å². The first-order valence-corrected chi connectivity index (χ1v) is 14.0. The molecule has 4 unspecified atom stereocenters. The number of nitrogens with zero attached hydrogens (tertiary/aromatic N) is 3. The molecule has 1 aromatic rings. The van der Waals surface area contributed by atoms with Crippen molar-refractivity contribution in [2.45, 2.75) is 91.0 Å². The van der Waals surface area contributed by atoms with E-state index in [0.29, 0.717) is 5.01 Å². The summed E-state index contributed by atoms with van der Waals surface area (Å²) in [5.41, 5.74) is 0.175. The fraction of sp³-hybridized carbons (Fsp3) is 0.769. The van der Waals surface area contributed by atoms with Crippen LogP contribution in [0.4, 0.5) is 0 Å². The fourth-order valence-corrected chi connectivity index (χ4v) is 5.45. The highest BCUT2D eigenvalue weighted by molar-refractivity contribution is 7.09. The van der Waals surface area contributed by atoms with Gasteiger partial charge in [0.1, 0.15) is 17.2 Å². The van der Waals surface area contributed by atoms with E-state index in [9.17, 15) is 19.5 Å². The van der Waals surface area contributed by atoms with Gasteiger partial charge in [0.2, 0.25) is 11.8 Å². The minimum Gasteiger partial charge on any atom is -0.461 e. The molecule has 2 N–H and O–H groups in total. The van der Waals surface area contributed by atoms with Crippen molar-refractivity contribution < 1.29 is 24.2 Å². The Balaban J connectivity index is 2.15. The standard InChI is InChI=1S/C26H44N4O5S/c1-8-17(5)22(28-23(32)19-12-10-11-13-29(19)6)25(33)30(7)20(16(3)4)14-21(31)24-27-18(15-36-24)26(34)35-9-2/h15-17,19-22,31H,8-14H2,1-7H3,(H,28,32)/t17?,19-,20?,21?,22?/m1/s1. The molecule has 0 radical (unpaired) electrons. The third kappa shape index (κ3) is 7.73. The van der Waals surface area contributed by atoms with E-state index in [-0.39, 0.29) is 54.5 Å². The van der Waals surface area contributed by atoms with Gasteiger partial charge in [0.15, 0.2) is 5.69 Å². The number of thiazole rings is 1. The molecule has 0 bridgehead atoms. The topological polar surface area (TPSA) is 112 Å². The van der Waals surface area contributed by atoms with Gasteiger partial charge in [-0.2, -0.15) is 0 Å². The second kappa shape index (κ2) is 14.0.